The lowest BCUT2D eigenvalue weighted by molar-refractivity contribution is 0.414. The smallest absolute Gasteiger partial charge is 0.133 e. The summed E-state index contributed by atoms with van der Waals surface area (Å²) in [5.74, 6) is 2.73. The first kappa shape index (κ1) is 14.6. The summed E-state index contributed by atoms with van der Waals surface area (Å²) in [6, 6.07) is 15.9. The zero-order valence-corrected chi connectivity index (χ0v) is 13.7. The van der Waals surface area contributed by atoms with Gasteiger partial charge >= 0.3 is 0 Å². The van der Waals surface area contributed by atoms with Crippen molar-refractivity contribution in [2.45, 2.75) is 6.42 Å². The molecule has 0 unspecified atom stereocenters. The van der Waals surface area contributed by atoms with Crippen molar-refractivity contribution in [1.29, 1.82) is 0 Å². The monoisotopic (exact) mass is 321 g/mol. The van der Waals surface area contributed by atoms with Crippen LogP contribution in [0.1, 0.15) is 5.56 Å². The number of benzene rings is 2. The molecule has 0 fully saturated rings. The van der Waals surface area contributed by atoms with E-state index in [1.807, 2.05) is 47.1 Å². The molecule has 122 valence electrons. The zero-order chi connectivity index (χ0) is 16.5. The van der Waals surface area contributed by atoms with Crippen molar-refractivity contribution >= 4 is 5.82 Å². The molecular weight excluding hydrogens is 302 g/mol. The molecule has 2 aromatic carbocycles. The first-order chi connectivity index (χ1) is 11.8. The van der Waals surface area contributed by atoms with E-state index in [0.29, 0.717) is 0 Å². The second kappa shape index (κ2) is 5.92. The molecule has 3 aromatic rings. The molecule has 0 radical (unpaired) electrons. The lowest BCUT2D eigenvalue weighted by Gasteiger charge is -2.08. The maximum atomic E-state index is 5.52. The number of ether oxygens (including phenoxy) is 2. The van der Waals surface area contributed by atoms with E-state index in [1.165, 1.54) is 5.56 Å². The summed E-state index contributed by atoms with van der Waals surface area (Å²) in [5, 5.41) is 8.32. The number of hydrogen-bond acceptors (Lipinski definition) is 4. The summed E-state index contributed by atoms with van der Waals surface area (Å²) < 4.78 is 12.7. The summed E-state index contributed by atoms with van der Waals surface area (Å²) in [6.07, 6.45) is 0.957. The zero-order valence-electron chi connectivity index (χ0n) is 13.7. The fraction of sp³-hybridized carbons (Fsp3) is 0.211. The van der Waals surface area contributed by atoms with Gasteiger partial charge in [-0.3, -0.25) is 0 Å². The Balaban J connectivity index is 1.86. The van der Waals surface area contributed by atoms with E-state index < -0.39 is 0 Å². The molecule has 1 aliphatic rings. The van der Waals surface area contributed by atoms with Gasteiger partial charge in [0.15, 0.2) is 0 Å². The highest BCUT2D eigenvalue weighted by atomic mass is 16.5. The van der Waals surface area contributed by atoms with Crippen LogP contribution < -0.4 is 14.8 Å². The molecule has 2 heterocycles. The van der Waals surface area contributed by atoms with Crippen LogP contribution >= 0.6 is 0 Å². The molecule has 5 heteroatoms. The fourth-order valence-electron chi connectivity index (χ4n) is 3.14. The van der Waals surface area contributed by atoms with Crippen LogP contribution in [-0.4, -0.2) is 30.5 Å². The summed E-state index contributed by atoms with van der Waals surface area (Å²) in [6.45, 7) is 0.922. The first-order valence-electron chi connectivity index (χ1n) is 7.95. The van der Waals surface area contributed by atoms with E-state index in [-0.39, 0.29) is 0 Å². The van der Waals surface area contributed by atoms with Crippen LogP contribution in [0, 0.1) is 0 Å². The number of anilines is 1. The lowest BCUT2D eigenvalue weighted by atomic mass is 10.1. The second-order valence-corrected chi connectivity index (χ2v) is 5.66. The number of nitrogens with zero attached hydrogens (tertiary/aromatic N) is 2. The van der Waals surface area contributed by atoms with Gasteiger partial charge in [0, 0.05) is 17.7 Å². The molecule has 1 aliphatic heterocycles. The van der Waals surface area contributed by atoms with Crippen LogP contribution in [-0.2, 0) is 6.42 Å². The predicted octanol–water partition coefficient (Wildman–Crippen LogP) is 3.52. The molecule has 0 bridgehead atoms. The summed E-state index contributed by atoms with van der Waals surface area (Å²) in [4.78, 5) is 0. The molecular formula is C19H19N3O2. The van der Waals surface area contributed by atoms with Gasteiger partial charge in [0.1, 0.15) is 23.0 Å². The topological polar surface area (TPSA) is 48.3 Å². The van der Waals surface area contributed by atoms with Gasteiger partial charge < -0.3 is 14.8 Å². The van der Waals surface area contributed by atoms with Crippen molar-refractivity contribution in [3.8, 4) is 28.4 Å². The van der Waals surface area contributed by atoms with Gasteiger partial charge in [-0.15, -0.1) is 0 Å². The van der Waals surface area contributed by atoms with Gasteiger partial charge in [-0.1, -0.05) is 12.1 Å². The minimum Gasteiger partial charge on any atom is -0.497 e. The van der Waals surface area contributed by atoms with Crippen LogP contribution in [0.15, 0.2) is 48.5 Å². The summed E-state index contributed by atoms with van der Waals surface area (Å²) in [5.41, 5.74) is 4.23. The molecule has 0 spiro atoms. The number of aromatic nitrogens is 2. The Labute approximate surface area is 140 Å². The SMILES string of the molecule is COc1ccc(-n2nc(-c3ccccc3OC)c3c2NCC3)cc1. The van der Waals surface area contributed by atoms with Crippen LogP contribution in [0.2, 0.25) is 0 Å². The lowest BCUT2D eigenvalue weighted by Crippen LogP contribution is -2.04. The van der Waals surface area contributed by atoms with Crippen molar-refractivity contribution in [2.75, 3.05) is 26.1 Å². The Hall–Kier alpha value is -2.95. The second-order valence-electron chi connectivity index (χ2n) is 5.66. The quantitative estimate of drug-likeness (QED) is 0.799. The number of para-hydroxylation sites is 1. The molecule has 24 heavy (non-hydrogen) atoms. The van der Waals surface area contributed by atoms with E-state index in [2.05, 4.69) is 11.4 Å². The van der Waals surface area contributed by atoms with Crippen molar-refractivity contribution in [3.05, 3.63) is 54.1 Å². The third-order valence-corrected chi connectivity index (χ3v) is 4.33. The highest BCUT2D eigenvalue weighted by Gasteiger charge is 2.25. The highest BCUT2D eigenvalue weighted by molar-refractivity contribution is 5.76. The van der Waals surface area contributed by atoms with Crippen molar-refractivity contribution in [3.63, 3.8) is 0 Å². The fourth-order valence-corrected chi connectivity index (χ4v) is 3.14. The maximum absolute atomic E-state index is 5.52. The molecule has 0 aliphatic carbocycles. The number of rotatable bonds is 4. The van der Waals surface area contributed by atoms with Gasteiger partial charge in [-0.25, -0.2) is 4.68 Å². The van der Waals surface area contributed by atoms with Gasteiger partial charge in [-0.05, 0) is 42.8 Å². The largest absolute Gasteiger partial charge is 0.497 e. The molecule has 0 atom stereocenters. The standard InChI is InChI=1S/C19H19N3O2/c1-23-14-9-7-13(8-10-14)22-19-16(11-12-20-19)18(21-22)15-5-3-4-6-17(15)24-2/h3-10,20H,11-12H2,1-2H3. The first-order valence-corrected chi connectivity index (χ1v) is 7.95. The number of nitrogens with one attached hydrogen (secondary N) is 1. The van der Waals surface area contributed by atoms with Gasteiger partial charge in [0.2, 0.25) is 0 Å². The Morgan fingerprint density at radius 2 is 1.79 bits per heavy atom. The average Bonchev–Trinajstić information content (AvgIpc) is 3.24. The van der Waals surface area contributed by atoms with Crippen molar-refractivity contribution < 1.29 is 9.47 Å². The molecule has 0 saturated carbocycles. The summed E-state index contributed by atoms with van der Waals surface area (Å²) >= 11 is 0. The van der Waals surface area contributed by atoms with Gasteiger partial charge in [0.05, 0.1) is 19.9 Å². The van der Waals surface area contributed by atoms with E-state index in [1.54, 1.807) is 14.2 Å². The minimum absolute atomic E-state index is 0.834. The van der Waals surface area contributed by atoms with E-state index >= 15 is 0 Å². The number of methoxy groups -OCH3 is 2. The Morgan fingerprint density at radius 1 is 1.00 bits per heavy atom. The molecule has 5 nitrogen and oxygen atoms in total. The van der Waals surface area contributed by atoms with Crippen LogP contribution in [0.4, 0.5) is 5.82 Å². The van der Waals surface area contributed by atoms with Crippen LogP contribution in [0.25, 0.3) is 16.9 Å². The molecule has 1 aromatic heterocycles. The Bertz CT molecular complexity index is 869. The molecule has 4 rings (SSSR count). The van der Waals surface area contributed by atoms with Crippen molar-refractivity contribution in [2.24, 2.45) is 0 Å². The highest BCUT2D eigenvalue weighted by Crippen LogP contribution is 2.38. The van der Waals surface area contributed by atoms with Gasteiger partial charge in [0.25, 0.3) is 0 Å². The van der Waals surface area contributed by atoms with Crippen LogP contribution in [0.5, 0.6) is 11.5 Å². The molecule has 1 N–H and O–H groups in total. The average molecular weight is 321 g/mol. The Kier molecular flexibility index (Phi) is 3.61. The number of fused-ring (bicyclic) bond motifs is 1. The third-order valence-electron chi connectivity index (χ3n) is 4.33. The molecule has 0 saturated heterocycles. The van der Waals surface area contributed by atoms with E-state index in [9.17, 15) is 0 Å². The number of hydrogen-bond donors (Lipinski definition) is 1. The van der Waals surface area contributed by atoms with E-state index in [0.717, 1.165) is 47.2 Å². The predicted molar refractivity (Wildman–Crippen MR) is 94.3 cm³/mol. The normalized spacial score (nSPS) is 12.6. The third kappa shape index (κ3) is 2.29. The van der Waals surface area contributed by atoms with Gasteiger partial charge in [-0.2, -0.15) is 5.10 Å². The Morgan fingerprint density at radius 3 is 2.54 bits per heavy atom. The minimum atomic E-state index is 0.834. The van der Waals surface area contributed by atoms with Crippen molar-refractivity contribution in [1.82, 2.24) is 9.78 Å². The van der Waals surface area contributed by atoms with Crippen LogP contribution in [0.3, 0.4) is 0 Å². The molecule has 0 amide bonds. The summed E-state index contributed by atoms with van der Waals surface area (Å²) in [7, 11) is 3.36. The maximum Gasteiger partial charge on any atom is 0.133 e. The van der Waals surface area contributed by atoms with E-state index in [4.69, 9.17) is 14.6 Å².